The quantitative estimate of drug-likeness (QED) is 0.673. The van der Waals surface area contributed by atoms with Crippen molar-refractivity contribution >= 4 is 5.97 Å². The molecule has 0 aromatic heterocycles. The third kappa shape index (κ3) is 6.08. The highest BCUT2D eigenvalue weighted by Crippen LogP contribution is 2.23. The van der Waals surface area contributed by atoms with E-state index < -0.39 is 0 Å². The molecule has 22 heavy (non-hydrogen) atoms. The monoisotopic (exact) mass is 306 g/mol. The molecule has 0 heterocycles. The number of phenols is 1. The molecule has 1 aromatic carbocycles. The fraction of sp³-hybridized carbons (Fsp3) is 0.632. The molecule has 0 aliphatic carbocycles. The molecule has 1 rings (SSSR count). The van der Waals surface area contributed by atoms with Crippen molar-refractivity contribution in [2.75, 3.05) is 6.61 Å². The number of carbonyl (C=O) groups is 1. The van der Waals surface area contributed by atoms with E-state index in [4.69, 9.17) is 4.74 Å². The van der Waals surface area contributed by atoms with Gasteiger partial charge >= 0.3 is 5.97 Å². The Morgan fingerprint density at radius 3 is 2.41 bits per heavy atom. The second-order valence-electron chi connectivity index (χ2n) is 6.18. The molecule has 0 aliphatic rings. The van der Waals surface area contributed by atoms with Crippen LogP contribution in [0.3, 0.4) is 0 Å². The number of phenolic OH excluding ortho intramolecular Hbond substituents is 1. The van der Waals surface area contributed by atoms with Crippen molar-refractivity contribution in [3.05, 3.63) is 28.8 Å². The number of hydrogen-bond donors (Lipinski definition) is 1. The van der Waals surface area contributed by atoms with Crippen molar-refractivity contribution in [2.24, 2.45) is 5.92 Å². The van der Waals surface area contributed by atoms with Crippen LogP contribution < -0.4 is 0 Å². The van der Waals surface area contributed by atoms with Crippen LogP contribution in [0.4, 0.5) is 0 Å². The standard InChI is InChI=1S/C19H30O3/c1-5-7-8-16(6-2)13-22-18(20)10-9-17-11-14(3)19(21)15(4)12-17/h11-12,16,21H,5-10,13H2,1-4H3. The van der Waals surface area contributed by atoms with Gasteiger partial charge in [-0.15, -0.1) is 0 Å². The minimum Gasteiger partial charge on any atom is -0.507 e. The van der Waals surface area contributed by atoms with E-state index in [0.717, 1.165) is 29.5 Å². The predicted molar refractivity (Wildman–Crippen MR) is 90.2 cm³/mol. The lowest BCUT2D eigenvalue weighted by molar-refractivity contribution is -0.145. The van der Waals surface area contributed by atoms with Crippen molar-refractivity contribution < 1.29 is 14.6 Å². The minimum absolute atomic E-state index is 0.127. The molecule has 124 valence electrons. The maximum Gasteiger partial charge on any atom is 0.306 e. The smallest absolute Gasteiger partial charge is 0.306 e. The summed E-state index contributed by atoms with van der Waals surface area (Å²) in [4.78, 5) is 11.9. The van der Waals surface area contributed by atoms with Crippen LogP contribution in [0.5, 0.6) is 5.75 Å². The summed E-state index contributed by atoms with van der Waals surface area (Å²) >= 11 is 0. The number of hydrogen-bond acceptors (Lipinski definition) is 3. The summed E-state index contributed by atoms with van der Waals surface area (Å²) in [6.07, 6.45) is 5.63. The molecule has 0 saturated carbocycles. The molecule has 1 aromatic rings. The topological polar surface area (TPSA) is 46.5 Å². The zero-order valence-electron chi connectivity index (χ0n) is 14.4. The molecule has 3 nitrogen and oxygen atoms in total. The number of aryl methyl sites for hydroxylation is 3. The van der Waals surface area contributed by atoms with Gasteiger partial charge in [0.15, 0.2) is 0 Å². The van der Waals surface area contributed by atoms with Gasteiger partial charge in [0.1, 0.15) is 5.75 Å². The molecular formula is C19H30O3. The molecule has 3 heteroatoms. The molecule has 0 bridgehead atoms. The Morgan fingerprint density at radius 2 is 1.86 bits per heavy atom. The molecule has 0 spiro atoms. The number of carbonyl (C=O) groups excluding carboxylic acids is 1. The summed E-state index contributed by atoms with van der Waals surface area (Å²) in [6.45, 7) is 8.63. The first-order chi connectivity index (χ1) is 10.5. The zero-order valence-corrected chi connectivity index (χ0v) is 14.4. The van der Waals surface area contributed by atoms with E-state index in [-0.39, 0.29) is 5.97 Å². The van der Waals surface area contributed by atoms with Crippen LogP contribution in [-0.4, -0.2) is 17.7 Å². The Kier molecular flexibility index (Phi) is 8.00. The first kappa shape index (κ1) is 18.5. The fourth-order valence-corrected chi connectivity index (χ4v) is 2.62. The number of ether oxygens (including phenoxy) is 1. The zero-order chi connectivity index (χ0) is 16.5. The molecule has 1 atom stereocenters. The van der Waals surface area contributed by atoms with Gasteiger partial charge in [-0.05, 0) is 49.3 Å². The van der Waals surface area contributed by atoms with Gasteiger partial charge in [0, 0.05) is 6.42 Å². The second-order valence-corrected chi connectivity index (χ2v) is 6.18. The SMILES string of the molecule is CCCCC(CC)COC(=O)CCc1cc(C)c(O)c(C)c1. The lowest BCUT2D eigenvalue weighted by Crippen LogP contribution is -2.14. The first-order valence-electron chi connectivity index (χ1n) is 8.42. The van der Waals surface area contributed by atoms with Crippen molar-refractivity contribution in [3.63, 3.8) is 0 Å². The molecule has 0 aliphatic heterocycles. The maximum absolute atomic E-state index is 11.9. The van der Waals surface area contributed by atoms with Crippen molar-refractivity contribution in [2.45, 2.75) is 66.2 Å². The van der Waals surface area contributed by atoms with Crippen LogP contribution in [0, 0.1) is 19.8 Å². The fourth-order valence-electron chi connectivity index (χ4n) is 2.62. The van der Waals surface area contributed by atoms with Gasteiger partial charge in [-0.3, -0.25) is 4.79 Å². The van der Waals surface area contributed by atoms with Gasteiger partial charge in [-0.25, -0.2) is 0 Å². The highest BCUT2D eigenvalue weighted by atomic mass is 16.5. The molecule has 0 saturated heterocycles. The molecule has 0 fully saturated rings. The van der Waals surface area contributed by atoms with Crippen molar-refractivity contribution in [1.29, 1.82) is 0 Å². The number of rotatable bonds is 9. The third-order valence-corrected chi connectivity index (χ3v) is 4.19. The Balaban J connectivity index is 2.40. The molecule has 0 amide bonds. The normalized spacial score (nSPS) is 12.2. The Bertz CT molecular complexity index is 457. The van der Waals surface area contributed by atoms with Crippen molar-refractivity contribution in [3.8, 4) is 5.75 Å². The van der Waals surface area contributed by atoms with E-state index in [9.17, 15) is 9.90 Å². The van der Waals surface area contributed by atoms with E-state index in [2.05, 4.69) is 13.8 Å². The van der Waals surface area contributed by atoms with Crippen LogP contribution in [0.15, 0.2) is 12.1 Å². The minimum atomic E-state index is -0.127. The van der Waals surface area contributed by atoms with Gasteiger partial charge in [0.25, 0.3) is 0 Å². The highest BCUT2D eigenvalue weighted by molar-refractivity contribution is 5.69. The summed E-state index contributed by atoms with van der Waals surface area (Å²) in [7, 11) is 0. The summed E-state index contributed by atoms with van der Waals surface area (Å²) in [6, 6.07) is 3.87. The predicted octanol–water partition coefficient (Wildman–Crippen LogP) is 4.70. The van der Waals surface area contributed by atoms with Crippen LogP contribution in [0.2, 0.25) is 0 Å². The third-order valence-electron chi connectivity index (χ3n) is 4.19. The van der Waals surface area contributed by atoms with E-state index in [1.165, 1.54) is 12.8 Å². The average Bonchev–Trinajstić information content (AvgIpc) is 2.50. The van der Waals surface area contributed by atoms with E-state index in [0.29, 0.717) is 31.1 Å². The largest absolute Gasteiger partial charge is 0.507 e. The Labute approximate surface area is 134 Å². The van der Waals surface area contributed by atoms with Gasteiger partial charge in [0.05, 0.1) is 6.61 Å². The molecule has 1 N–H and O–H groups in total. The van der Waals surface area contributed by atoms with Crippen LogP contribution in [0.25, 0.3) is 0 Å². The summed E-state index contributed by atoms with van der Waals surface area (Å²) in [5.41, 5.74) is 2.78. The van der Waals surface area contributed by atoms with E-state index in [1.807, 2.05) is 26.0 Å². The van der Waals surface area contributed by atoms with Crippen LogP contribution >= 0.6 is 0 Å². The average molecular weight is 306 g/mol. The number of benzene rings is 1. The highest BCUT2D eigenvalue weighted by Gasteiger charge is 2.11. The second kappa shape index (κ2) is 9.50. The Morgan fingerprint density at radius 1 is 1.23 bits per heavy atom. The molecular weight excluding hydrogens is 276 g/mol. The Hall–Kier alpha value is -1.51. The molecule has 0 radical (unpaired) electrons. The number of unbranched alkanes of at least 4 members (excludes halogenated alkanes) is 1. The lowest BCUT2D eigenvalue weighted by atomic mass is 10.0. The van der Waals surface area contributed by atoms with E-state index >= 15 is 0 Å². The summed E-state index contributed by atoms with van der Waals surface area (Å²) in [5.74, 6) is 0.702. The van der Waals surface area contributed by atoms with Gasteiger partial charge < -0.3 is 9.84 Å². The first-order valence-corrected chi connectivity index (χ1v) is 8.42. The van der Waals surface area contributed by atoms with Gasteiger partial charge in [-0.2, -0.15) is 0 Å². The van der Waals surface area contributed by atoms with Crippen LogP contribution in [-0.2, 0) is 16.0 Å². The summed E-state index contributed by atoms with van der Waals surface area (Å²) in [5, 5.41) is 9.76. The van der Waals surface area contributed by atoms with Gasteiger partial charge in [0.2, 0.25) is 0 Å². The van der Waals surface area contributed by atoms with Crippen LogP contribution in [0.1, 0.15) is 62.6 Å². The molecule has 1 unspecified atom stereocenters. The van der Waals surface area contributed by atoms with E-state index in [1.54, 1.807) is 0 Å². The lowest BCUT2D eigenvalue weighted by Gasteiger charge is -2.14. The number of aromatic hydroxyl groups is 1. The van der Waals surface area contributed by atoms with Crippen molar-refractivity contribution in [1.82, 2.24) is 0 Å². The maximum atomic E-state index is 11.9. The number of esters is 1. The van der Waals surface area contributed by atoms with Gasteiger partial charge in [-0.1, -0.05) is 45.2 Å². The summed E-state index contributed by atoms with van der Waals surface area (Å²) < 4.78 is 5.41.